The number of aromatic nitrogens is 3. The Morgan fingerprint density at radius 1 is 0.933 bits per heavy atom. The van der Waals surface area contributed by atoms with Crippen molar-refractivity contribution >= 4 is 22.7 Å². The van der Waals surface area contributed by atoms with E-state index in [0.29, 0.717) is 39.9 Å². The molecule has 0 saturated heterocycles. The summed E-state index contributed by atoms with van der Waals surface area (Å²) < 4.78 is 12.4. The Kier molecular flexibility index (Phi) is 4.94. The van der Waals surface area contributed by atoms with Crippen molar-refractivity contribution in [3.05, 3.63) is 101 Å². The number of nitrogens with zero attached hydrogens (tertiary/aromatic N) is 3. The van der Waals surface area contributed by atoms with Gasteiger partial charge in [0.1, 0.15) is 0 Å². The van der Waals surface area contributed by atoms with E-state index in [0.717, 1.165) is 11.3 Å². The molecule has 0 aliphatic rings. The molecule has 5 rings (SSSR count). The Morgan fingerprint density at radius 3 is 2.60 bits per heavy atom. The van der Waals surface area contributed by atoms with Gasteiger partial charge in [0.25, 0.3) is 5.56 Å². The van der Waals surface area contributed by atoms with E-state index in [-0.39, 0.29) is 5.56 Å². The maximum absolute atomic E-state index is 13.2. The first-order valence-corrected chi connectivity index (χ1v) is 10.4. The molecular weight excluding hydrogens is 398 g/mol. The van der Waals surface area contributed by atoms with Crippen LogP contribution in [0.1, 0.15) is 11.3 Å². The van der Waals surface area contributed by atoms with Crippen LogP contribution in [0, 0.1) is 0 Å². The summed E-state index contributed by atoms with van der Waals surface area (Å²) >= 11 is 1.46. The molecule has 3 aromatic heterocycles. The number of benzene rings is 2. The summed E-state index contributed by atoms with van der Waals surface area (Å²) in [6.45, 7) is 0.455. The Hall–Kier alpha value is -3.58. The fourth-order valence-electron chi connectivity index (χ4n) is 3.22. The first-order valence-electron chi connectivity index (χ1n) is 9.44. The molecule has 0 radical (unpaired) electrons. The van der Waals surface area contributed by atoms with E-state index >= 15 is 0 Å². The molecule has 2 aromatic carbocycles. The van der Waals surface area contributed by atoms with Gasteiger partial charge in [-0.25, -0.2) is 4.98 Å². The zero-order valence-electron chi connectivity index (χ0n) is 15.9. The highest BCUT2D eigenvalue weighted by Crippen LogP contribution is 2.26. The van der Waals surface area contributed by atoms with Gasteiger partial charge in [0.05, 0.1) is 29.4 Å². The Bertz CT molecular complexity index is 1340. The molecule has 7 heteroatoms. The molecule has 0 amide bonds. The SMILES string of the molecule is O=c1c2ccccc2nc(SCc2cc(-c3ccco3)on2)n1Cc1ccccc1. The molecule has 3 heterocycles. The van der Waals surface area contributed by atoms with Crippen LogP contribution in [0.5, 0.6) is 0 Å². The van der Waals surface area contributed by atoms with Gasteiger partial charge >= 0.3 is 0 Å². The third-order valence-electron chi connectivity index (χ3n) is 4.68. The molecule has 0 saturated carbocycles. The Morgan fingerprint density at radius 2 is 1.77 bits per heavy atom. The van der Waals surface area contributed by atoms with Gasteiger partial charge in [0, 0.05) is 11.8 Å². The van der Waals surface area contributed by atoms with Gasteiger partial charge in [0.15, 0.2) is 10.9 Å². The zero-order valence-corrected chi connectivity index (χ0v) is 16.7. The fraction of sp³-hybridized carbons (Fsp3) is 0.0870. The van der Waals surface area contributed by atoms with Crippen molar-refractivity contribution in [2.45, 2.75) is 17.5 Å². The number of rotatable bonds is 6. The smallest absolute Gasteiger partial charge is 0.262 e. The van der Waals surface area contributed by atoms with Gasteiger partial charge in [0.2, 0.25) is 5.76 Å². The topological polar surface area (TPSA) is 74.1 Å². The summed E-state index contributed by atoms with van der Waals surface area (Å²) in [5.41, 5.74) is 2.43. The fourth-order valence-corrected chi connectivity index (χ4v) is 4.10. The lowest BCUT2D eigenvalue weighted by Crippen LogP contribution is -2.24. The van der Waals surface area contributed by atoms with Gasteiger partial charge in [-0.2, -0.15) is 0 Å². The first kappa shape index (κ1) is 18.4. The lowest BCUT2D eigenvalue weighted by atomic mass is 10.2. The molecule has 0 aliphatic heterocycles. The predicted molar refractivity (Wildman–Crippen MR) is 115 cm³/mol. The lowest BCUT2D eigenvalue weighted by molar-refractivity contribution is 0.413. The average molecular weight is 415 g/mol. The van der Waals surface area contributed by atoms with Crippen LogP contribution in [0.25, 0.3) is 22.4 Å². The molecule has 0 atom stereocenters. The second kappa shape index (κ2) is 8.04. The molecule has 6 nitrogen and oxygen atoms in total. The third kappa shape index (κ3) is 3.67. The standard InChI is InChI=1S/C23H17N3O3S/c27-22-18-9-4-5-10-19(18)24-23(26(22)14-16-7-2-1-3-8-16)30-15-17-13-21(29-25-17)20-11-6-12-28-20/h1-13H,14-15H2. The van der Waals surface area contributed by atoms with Crippen molar-refractivity contribution in [3.63, 3.8) is 0 Å². The van der Waals surface area contributed by atoms with E-state index in [1.807, 2.05) is 66.7 Å². The minimum absolute atomic E-state index is 0.0524. The molecule has 5 aromatic rings. The molecule has 0 bridgehead atoms. The van der Waals surface area contributed by atoms with Crippen LogP contribution in [-0.2, 0) is 12.3 Å². The van der Waals surface area contributed by atoms with Gasteiger partial charge in [-0.3, -0.25) is 9.36 Å². The number of thioether (sulfide) groups is 1. The van der Waals surface area contributed by atoms with Crippen molar-refractivity contribution in [2.75, 3.05) is 0 Å². The summed E-state index contributed by atoms with van der Waals surface area (Å²) in [5, 5.41) is 5.37. The zero-order chi connectivity index (χ0) is 20.3. The van der Waals surface area contributed by atoms with Crippen LogP contribution in [0.2, 0.25) is 0 Å². The monoisotopic (exact) mass is 415 g/mol. The molecule has 0 fully saturated rings. The number of fused-ring (bicyclic) bond motifs is 1. The highest BCUT2D eigenvalue weighted by atomic mass is 32.2. The van der Waals surface area contributed by atoms with Crippen LogP contribution in [0.4, 0.5) is 0 Å². The molecule has 0 aliphatic carbocycles. The highest BCUT2D eigenvalue weighted by Gasteiger charge is 2.14. The molecule has 30 heavy (non-hydrogen) atoms. The lowest BCUT2D eigenvalue weighted by Gasteiger charge is -2.13. The average Bonchev–Trinajstić information content (AvgIpc) is 3.47. The second-order valence-electron chi connectivity index (χ2n) is 6.74. The molecule has 0 spiro atoms. The van der Waals surface area contributed by atoms with Crippen molar-refractivity contribution in [1.82, 2.24) is 14.7 Å². The maximum atomic E-state index is 13.2. The van der Waals surface area contributed by atoms with E-state index in [1.165, 1.54) is 11.8 Å². The summed E-state index contributed by atoms with van der Waals surface area (Å²) in [7, 11) is 0. The van der Waals surface area contributed by atoms with Crippen molar-refractivity contribution < 1.29 is 8.94 Å². The third-order valence-corrected chi connectivity index (χ3v) is 5.69. The summed E-state index contributed by atoms with van der Waals surface area (Å²) in [5.74, 6) is 1.72. The Labute approximate surface area is 176 Å². The van der Waals surface area contributed by atoms with Crippen molar-refractivity contribution in [1.29, 1.82) is 0 Å². The number of hydrogen-bond donors (Lipinski definition) is 0. The maximum Gasteiger partial charge on any atom is 0.262 e. The second-order valence-corrected chi connectivity index (χ2v) is 7.68. The van der Waals surface area contributed by atoms with Crippen LogP contribution >= 0.6 is 11.8 Å². The largest absolute Gasteiger partial charge is 0.461 e. The van der Waals surface area contributed by atoms with Crippen molar-refractivity contribution in [2.24, 2.45) is 0 Å². The van der Waals surface area contributed by atoms with E-state index in [1.54, 1.807) is 16.9 Å². The van der Waals surface area contributed by atoms with E-state index in [4.69, 9.17) is 13.9 Å². The van der Waals surface area contributed by atoms with E-state index < -0.39 is 0 Å². The number of hydrogen-bond acceptors (Lipinski definition) is 6. The highest BCUT2D eigenvalue weighted by molar-refractivity contribution is 7.98. The van der Waals surface area contributed by atoms with E-state index in [9.17, 15) is 4.79 Å². The Balaban J connectivity index is 1.48. The minimum Gasteiger partial charge on any atom is -0.461 e. The number of para-hydroxylation sites is 1. The summed E-state index contributed by atoms with van der Waals surface area (Å²) in [4.78, 5) is 17.9. The van der Waals surface area contributed by atoms with Gasteiger partial charge in [-0.05, 0) is 29.8 Å². The van der Waals surface area contributed by atoms with Crippen molar-refractivity contribution in [3.8, 4) is 11.5 Å². The predicted octanol–water partition coefficient (Wildman–Crippen LogP) is 4.99. The van der Waals surface area contributed by atoms with Gasteiger partial charge < -0.3 is 8.94 Å². The van der Waals surface area contributed by atoms with Gasteiger partial charge in [-0.15, -0.1) is 0 Å². The minimum atomic E-state index is -0.0524. The van der Waals surface area contributed by atoms with Crippen LogP contribution in [-0.4, -0.2) is 14.7 Å². The van der Waals surface area contributed by atoms with Crippen LogP contribution in [0.3, 0.4) is 0 Å². The molecular formula is C23H17N3O3S. The summed E-state index contributed by atoms with van der Waals surface area (Å²) in [6.07, 6.45) is 1.59. The van der Waals surface area contributed by atoms with Crippen LogP contribution < -0.4 is 5.56 Å². The molecule has 0 unspecified atom stereocenters. The first-order chi connectivity index (χ1) is 14.8. The van der Waals surface area contributed by atoms with Gasteiger partial charge in [-0.1, -0.05) is 59.4 Å². The quantitative estimate of drug-likeness (QED) is 0.287. The number of furan rings is 1. The normalized spacial score (nSPS) is 11.2. The van der Waals surface area contributed by atoms with Crippen LogP contribution in [0.15, 0.2) is 98.0 Å². The van der Waals surface area contributed by atoms with E-state index in [2.05, 4.69) is 5.16 Å². The molecule has 0 N–H and O–H groups in total. The summed E-state index contributed by atoms with van der Waals surface area (Å²) in [6, 6.07) is 22.8. The molecule has 148 valence electrons.